The summed E-state index contributed by atoms with van der Waals surface area (Å²) in [7, 11) is 1.99. The maximum Gasteiger partial charge on any atom is 0.130 e. The van der Waals surface area contributed by atoms with E-state index in [2.05, 4.69) is 34.3 Å². The summed E-state index contributed by atoms with van der Waals surface area (Å²) < 4.78 is 0. The number of pyridine rings is 1. The van der Waals surface area contributed by atoms with Crippen LogP contribution in [0.1, 0.15) is 24.5 Å². The van der Waals surface area contributed by atoms with Crippen molar-refractivity contribution in [2.45, 2.75) is 19.9 Å². The number of nitriles is 1. The lowest BCUT2D eigenvalue weighted by molar-refractivity contribution is 0.902. The summed E-state index contributed by atoms with van der Waals surface area (Å²) in [4.78, 5) is 6.48. The Labute approximate surface area is 126 Å². The van der Waals surface area contributed by atoms with Crippen LogP contribution in [0.4, 0.5) is 11.5 Å². The second kappa shape index (κ2) is 7.30. The van der Waals surface area contributed by atoms with Crippen molar-refractivity contribution in [2.75, 3.05) is 23.8 Å². The third-order valence-electron chi connectivity index (χ3n) is 3.28. The van der Waals surface area contributed by atoms with Crippen LogP contribution in [0.15, 0.2) is 42.6 Å². The second-order valence-corrected chi connectivity index (χ2v) is 4.92. The van der Waals surface area contributed by atoms with Crippen LogP contribution in [0.2, 0.25) is 0 Å². The summed E-state index contributed by atoms with van der Waals surface area (Å²) in [6, 6.07) is 13.9. The van der Waals surface area contributed by atoms with Crippen LogP contribution in [0.25, 0.3) is 0 Å². The van der Waals surface area contributed by atoms with Gasteiger partial charge in [0.05, 0.1) is 11.3 Å². The zero-order valence-corrected chi connectivity index (χ0v) is 12.5. The van der Waals surface area contributed by atoms with Crippen LogP contribution in [0.5, 0.6) is 0 Å². The Kier molecular flexibility index (Phi) is 5.16. The first-order chi connectivity index (χ1) is 10.3. The van der Waals surface area contributed by atoms with Gasteiger partial charge in [-0.2, -0.15) is 5.26 Å². The fraction of sp³-hybridized carbons (Fsp3) is 0.294. The van der Waals surface area contributed by atoms with E-state index in [9.17, 15) is 5.26 Å². The van der Waals surface area contributed by atoms with E-state index in [1.54, 1.807) is 6.20 Å². The van der Waals surface area contributed by atoms with Crippen molar-refractivity contribution in [3.63, 3.8) is 0 Å². The molecule has 2 rings (SSSR count). The first kappa shape index (κ1) is 14.9. The lowest BCUT2D eigenvalue weighted by Gasteiger charge is -2.22. The van der Waals surface area contributed by atoms with E-state index in [1.807, 2.05) is 37.4 Å². The Morgan fingerprint density at radius 3 is 2.81 bits per heavy atom. The number of benzene rings is 1. The van der Waals surface area contributed by atoms with Gasteiger partial charge in [-0.3, -0.25) is 0 Å². The number of hydrogen-bond donors (Lipinski definition) is 1. The van der Waals surface area contributed by atoms with Gasteiger partial charge in [0.25, 0.3) is 0 Å². The molecule has 21 heavy (non-hydrogen) atoms. The molecule has 1 N–H and O–H groups in total. The molecule has 4 heteroatoms. The van der Waals surface area contributed by atoms with E-state index < -0.39 is 0 Å². The van der Waals surface area contributed by atoms with Gasteiger partial charge in [-0.05, 0) is 24.6 Å². The molecule has 1 heterocycles. The predicted molar refractivity (Wildman–Crippen MR) is 86.3 cm³/mol. The Morgan fingerprint density at radius 2 is 2.05 bits per heavy atom. The van der Waals surface area contributed by atoms with Gasteiger partial charge < -0.3 is 10.2 Å². The molecule has 0 saturated heterocycles. The average molecular weight is 280 g/mol. The lowest BCUT2D eigenvalue weighted by atomic mass is 10.1. The molecule has 0 atom stereocenters. The Morgan fingerprint density at radius 1 is 1.24 bits per heavy atom. The highest BCUT2D eigenvalue weighted by Crippen LogP contribution is 2.22. The van der Waals surface area contributed by atoms with Gasteiger partial charge >= 0.3 is 0 Å². The van der Waals surface area contributed by atoms with Crippen molar-refractivity contribution in [3.8, 4) is 6.07 Å². The van der Waals surface area contributed by atoms with E-state index in [0.29, 0.717) is 12.1 Å². The van der Waals surface area contributed by atoms with E-state index >= 15 is 0 Å². The van der Waals surface area contributed by atoms with Gasteiger partial charge in [-0.1, -0.05) is 25.1 Å². The number of para-hydroxylation sites is 1. The Bertz CT molecular complexity index is 631. The van der Waals surface area contributed by atoms with Gasteiger partial charge in [-0.25, -0.2) is 4.98 Å². The van der Waals surface area contributed by atoms with Crippen LogP contribution in [-0.2, 0) is 6.54 Å². The highest BCUT2D eigenvalue weighted by atomic mass is 15.1. The number of rotatable bonds is 6. The quantitative estimate of drug-likeness (QED) is 0.881. The molecule has 1 aromatic heterocycles. The van der Waals surface area contributed by atoms with Crippen molar-refractivity contribution in [3.05, 3.63) is 53.7 Å². The topological polar surface area (TPSA) is 52.0 Å². The van der Waals surface area contributed by atoms with Crippen LogP contribution in [-0.4, -0.2) is 18.6 Å². The van der Waals surface area contributed by atoms with Crippen LogP contribution >= 0.6 is 0 Å². The normalized spacial score (nSPS) is 9.95. The van der Waals surface area contributed by atoms with Gasteiger partial charge in [0, 0.05) is 31.9 Å². The monoisotopic (exact) mass is 280 g/mol. The summed E-state index contributed by atoms with van der Waals surface area (Å²) in [5.41, 5.74) is 2.75. The molecule has 0 unspecified atom stereocenters. The van der Waals surface area contributed by atoms with E-state index in [4.69, 9.17) is 0 Å². The average Bonchev–Trinajstić information content (AvgIpc) is 2.54. The van der Waals surface area contributed by atoms with Crippen molar-refractivity contribution >= 4 is 11.5 Å². The zero-order chi connectivity index (χ0) is 15.1. The summed E-state index contributed by atoms with van der Waals surface area (Å²) in [6.45, 7) is 3.74. The molecule has 0 spiro atoms. The minimum Gasteiger partial charge on any atom is -0.370 e. The molecule has 1 aromatic carbocycles. The van der Waals surface area contributed by atoms with E-state index in [1.165, 1.54) is 0 Å². The van der Waals surface area contributed by atoms with Crippen LogP contribution in [0, 0.1) is 11.3 Å². The molecule has 0 bridgehead atoms. The van der Waals surface area contributed by atoms with Gasteiger partial charge in [0.1, 0.15) is 11.9 Å². The molecule has 0 amide bonds. The van der Waals surface area contributed by atoms with E-state index in [-0.39, 0.29) is 0 Å². The third-order valence-corrected chi connectivity index (χ3v) is 3.28. The SMILES string of the molecule is CCCNc1ncccc1CN(C)c1ccccc1C#N. The summed E-state index contributed by atoms with van der Waals surface area (Å²) in [5.74, 6) is 0.917. The molecule has 4 nitrogen and oxygen atoms in total. The number of aromatic nitrogens is 1. The van der Waals surface area contributed by atoms with Crippen molar-refractivity contribution in [1.82, 2.24) is 4.98 Å². The number of hydrogen-bond acceptors (Lipinski definition) is 4. The molecular formula is C17H20N4. The molecule has 0 saturated carbocycles. The first-order valence-corrected chi connectivity index (χ1v) is 7.14. The minimum atomic E-state index is 0.687. The predicted octanol–water partition coefficient (Wildman–Crippen LogP) is 3.41. The highest BCUT2D eigenvalue weighted by molar-refractivity contribution is 5.59. The van der Waals surface area contributed by atoms with Gasteiger partial charge in [0.2, 0.25) is 0 Å². The maximum absolute atomic E-state index is 9.20. The fourth-order valence-corrected chi connectivity index (χ4v) is 2.21. The van der Waals surface area contributed by atoms with E-state index in [0.717, 1.165) is 30.0 Å². The van der Waals surface area contributed by atoms with Crippen molar-refractivity contribution < 1.29 is 0 Å². The second-order valence-electron chi connectivity index (χ2n) is 4.92. The van der Waals surface area contributed by atoms with Gasteiger partial charge in [-0.15, -0.1) is 0 Å². The third kappa shape index (κ3) is 3.73. The first-order valence-electron chi connectivity index (χ1n) is 7.14. The lowest BCUT2D eigenvalue weighted by Crippen LogP contribution is -2.19. The number of nitrogens with zero attached hydrogens (tertiary/aromatic N) is 3. The summed E-state index contributed by atoms with van der Waals surface area (Å²) in [5, 5.41) is 12.5. The van der Waals surface area contributed by atoms with Crippen LogP contribution in [0.3, 0.4) is 0 Å². The number of nitrogens with one attached hydrogen (secondary N) is 1. The van der Waals surface area contributed by atoms with Crippen LogP contribution < -0.4 is 10.2 Å². The molecule has 0 fully saturated rings. The van der Waals surface area contributed by atoms with Crippen molar-refractivity contribution in [2.24, 2.45) is 0 Å². The molecular weight excluding hydrogens is 260 g/mol. The molecule has 0 aliphatic heterocycles. The maximum atomic E-state index is 9.20. The molecule has 108 valence electrons. The Hall–Kier alpha value is -2.54. The highest BCUT2D eigenvalue weighted by Gasteiger charge is 2.10. The standard InChI is InChI=1S/C17H20N4/c1-3-10-19-17-15(8-6-11-20-17)13-21(2)16-9-5-4-7-14(16)12-18/h4-9,11H,3,10,13H2,1-2H3,(H,19,20). The zero-order valence-electron chi connectivity index (χ0n) is 12.5. The molecule has 2 aromatic rings. The minimum absolute atomic E-state index is 0.687. The largest absolute Gasteiger partial charge is 0.370 e. The molecule has 0 aliphatic carbocycles. The van der Waals surface area contributed by atoms with Crippen molar-refractivity contribution in [1.29, 1.82) is 5.26 Å². The number of anilines is 2. The molecule has 0 radical (unpaired) electrons. The Balaban J connectivity index is 2.20. The summed E-state index contributed by atoms with van der Waals surface area (Å²) >= 11 is 0. The smallest absolute Gasteiger partial charge is 0.130 e. The molecule has 0 aliphatic rings. The summed E-state index contributed by atoms with van der Waals surface area (Å²) in [6.07, 6.45) is 2.85. The van der Waals surface area contributed by atoms with Gasteiger partial charge in [0.15, 0.2) is 0 Å². The fourth-order valence-electron chi connectivity index (χ4n) is 2.21.